The quantitative estimate of drug-likeness (QED) is 0.623. The number of rotatable bonds is 4. The van der Waals surface area contributed by atoms with Crippen LogP contribution in [0.4, 0.5) is 0 Å². The van der Waals surface area contributed by atoms with Gasteiger partial charge in [-0.15, -0.1) is 5.10 Å². The monoisotopic (exact) mass is 244 g/mol. The number of allylic oxidation sites excluding steroid dienone is 1. The van der Waals surface area contributed by atoms with Gasteiger partial charge in [-0.05, 0) is 5.56 Å². The zero-order valence-corrected chi connectivity index (χ0v) is 9.52. The van der Waals surface area contributed by atoms with Crippen molar-refractivity contribution in [3.8, 4) is 0 Å². The number of aromatic nitrogens is 3. The zero-order valence-electron chi connectivity index (χ0n) is 9.52. The van der Waals surface area contributed by atoms with Gasteiger partial charge in [0.2, 0.25) is 0 Å². The second-order valence-corrected chi connectivity index (χ2v) is 3.58. The molecule has 0 fully saturated rings. The highest BCUT2D eigenvalue weighted by molar-refractivity contribution is 5.90. The van der Waals surface area contributed by atoms with Crippen LogP contribution < -0.4 is 5.48 Å². The molecule has 2 N–H and O–H groups in total. The number of carbonyl (C=O) groups is 1. The third-order valence-electron chi connectivity index (χ3n) is 2.28. The van der Waals surface area contributed by atoms with Crippen LogP contribution in [-0.4, -0.2) is 26.1 Å². The molecule has 0 radical (unpaired) electrons. The number of nitrogens with zero attached hydrogens (tertiary/aromatic N) is 3. The molecule has 1 heterocycles. The third kappa shape index (κ3) is 3.02. The van der Waals surface area contributed by atoms with Gasteiger partial charge in [0.1, 0.15) is 0 Å². The summed E-state index contributed by atoms with van der Waals surface area (Å²) in [6.07, 6.45) is 5.32. The largest absolute Gasteiger partial charge is 0.296 e. The minimum Gasteiger partial charge on any atom is -0.288 e. The summed E-state index contributed by atoms with van der Waals surface area (Å²) >= 11 is 0. The van der Waals surface area contributed by atoms with Gasteiger partial charge in [0.25, 0.3) is 5.91 Å². The Morgan fingerprint density at radius 2 is 2.17 bits per heavy atom. The fraction of sp³-hybridized carbons (Fsp3) is 0.0833. The lowest BCUT2D eigenvalue weighted by Gasteiger charge is -1.93. The molecule has 1 aromatic heterocycles. The van der Waals surface area contributed by atoms with Crippen LogP contribution in [0, 0.1) is 0 Å². The number of benzene rings is 1. The van der Waals surface area contributed by atoms with E-state index in [1.165, 1.54) is 16.4 Å². The molecule has 0 saturated carbocycles. The van der Waals surface area contributed by atoms with E-state index in [2.05, 4.69) is 10.3 Å². The summed E-state index contributed by atoms with van der Waals surface area (Å²) in [5, 5.41) is 15.8. The van der Waals surface area contributed by atoms with Crippen LogP contribution in [0.1, 0.15) is 16.1 Å². The van der Waals surface area contributed by atoms with Gasteiger partial charge >= 0.3 is 0 Å². The van der Waals surface area contributed by atoms with E-state index in [-0.39, 0.29) is 5.69 Å². The average Bonchev–Trinajstić information content (AvgIpc) is 2.88. The van der Waals surface area contributed by atoms with E-state index in [9.17, 15) is 4.79 Å². The first-order valence-corrected chi connectivity index (χ1v) is 5.36. The van der Waals surface area contributed by atoms with Crippen LogP contribution in [0.15, 0.2) is 42.6 Å². The molecule has 0 aliphatic rings. The van der Waals surface area contributed by atoms with Crippen molar-refractivity contribution < 1.29 is 10.0 Å². The van der Waals surface area contributed by atoms with Crippen LogP contribution in [0.3, 0.4) is 0 Å². The maximum Gasteiger partial charge on any atom is 0.296 e. The SMILES string of the molecule is O=C(NO)c1cn(C/C=C/c2ccccc2)nn1. The van der Waals surface area contributed by atoms with Crippen LogP contribution in [0.5, 0.6) is 0 Å². The standard InChI is InChI=1S/C12H12N4O2/c17-12(14-18)11-9-16(15-13-11)8-4-7-10-5-2-1-3-6-10/h1-7,9,18H,8H2,(H,14,17)/b7-4+. The lowest BCUT2D eigenvalue weighted by molar-refractivity contribution is 0.0700. The summed E-state index contributed by atoms with van der Waals surface area (Å²) in [4.78, 5) is 11.0. The Hall–Kier alpha value is -2.47. The van der Waals surface area contributed by atoms with Crippen molar-refractivity contribution in [3.63, 3.8) is 0 Å². The van der Waals surface area contributed by atoms with Gasteiger partial charge in [0, 0.05) is 0 Å². The van der Waals surface area contributed by atoms with E-state index in [4.69, 9.17) is 5.21 Å². The number of carbonyl (C=O) groups excluding carboxylic acids is 1. The predicted octanol–water partition coefficient (Wildman–Crippen LogP) is 1.11. The smallest absolute Gasteiger partial charge is 0.288 e. The molecule has 6 nitrogen and oxygen atoms in total. The van der Waals surface area contributed by atoms with Crippen molar-refractivity contribution in [2.45, 2.75) is 6.54 Å². The number of nitrogens with one attached hydrogen (secondary N) is 1. The molecule has 0 saturated heterocycles. The van der Waals surface area contributed by atoms with Crippen molar-refractivity contribution in [1.82, 2.24) is 20.5 Å². The van der Waals surface area contributed by atoms with E-state index in [0.717, 1.165) is 5.56 Å². The first kappa shape index (κ1) is 12.0. The Morgan fingerprint density at radius 1 is 1.39 bits per heavy atom. The van der Waals surface area contributed by atoms with Crippen molar-refractivity contribution in [2.24, 2.45) is 0 Å². The molecular formula is C12H12N4O2. The maximum absolute atomic E-state index is 11.0. The van der Waals surface area contributed by atoms with Crippen LogP contribution in [-0.2, 0) is 6.54 Å². The van der Waals surface area contributed by atoms with Crippen molar-refractivity contribution in [1.29, 1.82) is 0 Å². The summed E-state index contributed by atoms with van der Waals surface area (Å²) in [6.45, 7) is 0.501. The highest BCUT2D eigenvalue weighted by atomic mass is 16.5. The molecule has 6 heteroatoms. The van der Waals surface area contributed by atoms with Crippen LogP contribution in [0.2, 0.25) is 0 Å². The predicted molar refractivity (Wildman–Crippen MR) is 64.8 cm³/mol. The summed E-state index contributed by atoms with van der Waals surface area (Å²) in [5.41, 5.74) is 2.67. The Kier molecular flexibility index (Phi) is 3.83. The van der Waals surface area contributed by atoms with Crippen LogP contribution in [0.25, 0.3) is 6.08 Å². The normalized spacial score (nSPS) is 10.7. The van der Waals surface area contributed by atoms with Crippen molar-refractivity contribution in [2.75, 3.05) is 0 Å². The molecule has 0 atom stereocenters. The van der Waals surface area contributed by atoms with E-state index in [1.54, 1.807) is 0 Å². The lowest BCUT2D eigenvalue weighted by Crippen LogP contribution is -2.18. The Labute approximate surface area is 104 Å². The summed E-state index contributed by atoms with van der Waals surface area (Å²) in [7, 11) is 0. The number of hydrogen-bond acceptors (Lipinski definition) is 4. The highest BCUT2D eigenvalue weighted by Gasteiger charge is 2.08. The molecule has 0 bridgehead atoms. The third-order valence-corrected chi connectivity index (χ3v) is 2.28. The van der Waals surface area contributed by atoms with Gasteiger partial charge in [0.05, 0.1) is 12.7 Å². The second kappa shape index (κ2) is 5.74. The summed E-state index contributed by atoms with van der Waals surface area (Å²) in [6, 6.07) is 9.84. The minimum atomic E-state index is -0.673. The van der Waals surface area contributed by atoms with E-state index >= 15 is 0 Å². The van der Waals surface area contributed by atoms with E-state index < -0.39 is 5.91 Å². The maximum atomic E-state index is 11.0. The molecule has 1 amide bonds. The van der Waals surface area contributed by atoms with Crippen molar-refractivity contribution >= 4 is 12.0 Å². The molecule has 18 heavy (non-hydrogen) atoms. The fourth-order valence-electron chi connectivity index (χ4n) is 1.41. The highest BCUT2D eigenvalue weighted by Crippen LogP contribution is 2.01. The molecule has 0 aliphatic carbocycles. The molecule has 1 aromatic carbocycles. The molecule has 0 spiro atoms. The number of amides is 1. The molecule has 2 aromatic rings. The molecule has 0 unspecified atom stereocenters. The average molecular weight is 244 g/mol. The van der Waals surface area contributed by atoms with Gasteiger partial charge in [-0.1, -0.05) is 47.7 Å². The van der Waals surface area contributed by atoms with Gasteiger partial charge < -0.3 is 0 Å². The lowest BCUT2D eigenvalue weighted by atomic mass is 10.2. The Bertz CT molecular complexity index is 548. The second-order valence-electron chi connectivity index (χ2n) is 3.58. The minimum absolute atomic E-state index is 0.0746. The Morgan fingerprint density at radius 3 is 2.89 bits per heavy atom. The van der Waals surface area contributed by atoms with E-state index in [1.807, 2.05) is 42.5 Å². The number of hydrogen-bond donors (Lipinski definition) is 2. The zero-order chi connectivity index (χ0) is 12.8. The topological polar surface area (TPSA) is 80.0 Å². The Balaban J connectivity index is 1.96. The first-order valence-electron chi connectivity index (χ1n) is 5.36. The summed E-state index contributed by atoms with van der Waals surface area (Å²) in [5.74, 6) is -0.673. The van der Waals surface area contributed by atoms with Crippen molar-refractivity contribution in [3.05, 3.63) is 53.9 Å². The molecular weight excluding hydrogens is 232 g/mol. The molecule has 2 rings (SSSR count). The first-order chi connectivity index (χ1) is 8.79. The van der Waals surface area contributed by atoms with Gasteiger partial charge in [-0.25, -0.2) is 10.2 Å². The molecule has 0 aliphatic heterocycles. The van der Waals surface area contributed by atoms with Gasteiger partial charge in [0.15, 0.2) is 5.69 Å². The molecule has 92 valence electrons. The van der Waals surface area contributed by atoms with Gasteiger partial charge in [-0.2, -0.15) is 0 Å². The van der Waals surface area contributed by atoms with Crippen LogP contribution >= 0.6 is 0 Å². The fourth-order valence-corrected chi connectivity index (χ4v) is 1.41. The summed E-state index contributed by atoms with van der Waals surface area (Å²) < 4.78 is 1.50. The van der Waals surface area contributed by atoms with E-state index in [0.29, 0.717) is 6.54 Å². The van der Waals surface area contributed by atoms with Gasteiger partial charge in [-0.3, -0.25) is 10.0 Å². The number of hydroxylamine groups is 1.